The van der Waals surface area contributed by atoms with E-state index in [4.69, 9.17) is 0 Å². The molecule has 0 saturated heterocycles. The lowest BCUT2D eigenvalue weighted by Gasteiger charge is -2.15. The van der Waals surface area contributed by atoms with Gasteiger partial charge in [-0.1, -0.05) is 12.5 Å². The van der Waals surface area contributed by atoms with Crippen molar-refractivity contribution < 1.29 is 0 Å². The van der Waals surface area contributed by atoms with Crippen LogP contribution < -0.4 is 5.32 Å². The van der Waals surface area contributed by atoms with E-state index in [0.717, 1.165) is 24.5 Å². The molecule has 1 atom stereocenters. The van der Waals surface area contributed by atoms with Crippen molar-refractivity contribution in [3.8, 4) is 0 Å². The van der Waals surface area contributed by atoms with Gasteiger partial charge in [-0.2, -0.15) is 0 Å². The highest BCUT2D eigenvalue weighted by Crippen LogP contribution is 2.11. The molecule has 0 aromatic carbocycles. The highest BCUT2D eigenvalue weighted by atomic mass is 15.0. The van der Waals surface area contributed by atoms with Crippen molar-refractivity contribution in [3.63, 3.8) is 0 Å². The fourth-order valence-corrected chi connectivity index (χ4v) is 1.95. The molecule has 0 radical (unpaired) electrons. The second-order valence-electron chi connectivity index (χ2n) is 4.26. The molecule has 3 nitrogen and oxygen atoms in total. The minimum Gasteiger partial charge on any atom is -0.366 e. The van der Waals surface area contributed by atoms with Gasteiger partial charge in [-0.05, 0) is 31.9 Å². The first-order valence-electron chi connectivity index (χ1n) is 6.07. The zero-order valence-corrected chi connectivity index (χ0v) is 9.82. The van der Waals surface area contributed by atoms with Crippen LogP contribution in [0.3, 0.4) is 0 Å². The smallest absolute Gasteiger partial charge is 0.0968 e. The summed E-state index contributed by atoms with van der Waals surface area (Å²) >= 11 is 0. The zero-order valence-electron chi connectivity index (χ0n) is 9.82. The van der Waals surface area contributed by atoms with E-state index < -0.39 is 0 Å². The fraction of sp³-hybridized carbons (Fsp3) is 0.538. The summed E-state index contributed by atoms with van der Waals surface area (Å²) in [4.78, 5) is 8.92. The third kappa shape index (κ3) is 3.05. The number of aromatic nitrogens is 1. The van der Waals surface area contributed by atoms with Crippen LogP contribution in [0.5, 0.6) is 0 Å². The summed E-state index contributed by atoms with van der Waals surface area (Å²) < 4.78 is 0. The number of aliphatic imine (C=N–C) groups is 1. The maximum Gasteiger partial charge on any atom is 0.0968 e. The first-order valence-corrected chi connectivity index (χ1v) is 6.07. The fourth-order valence-electron chi connectivity index (χ4n) is 1.95. The van der Waals surface area contributed by atoms with Gasteiger partial charge < -0.3 is 5.32 Å². The zero-order chi connectivity index (χ0) is 11.2. The van der Waals surface area contributed by atoms with Crippen LogP contribution in [0, 0.1) is 0 Å². The molecule has 1 aliphatic rings. The summed E-state index contributed by atoms with van der Waals surface area (Å²) in [6, 6.07) is 6.27. The van der Waals surface area contributed by atoms with Crippen LogP contribution in [0.25, 0.3) is 0 Å². The molecule has 1 aromatic rings. The lowest BCUT2D eigenvalue weighted by Crippen LogP contribution is -2.27. The number of rotatable bonds is 2. The number of hydrogen-bond donors (Lipinski definition) is 1. The van der Waals surface area contributed by atoms with Gasteiger partial charge >= 0.3 is 0 Å². The largest absolute Gasteiger partial charge is 0.366 e. The quantitative estimate of drug-likeness (QED) is 0.827. The average molecular weight is 217 g/mol. The number of pyridine rings is 1. The molecule has 86 valence electrons. The Labute approximate surface area is 97.0 Å². The van der Waals surface area contributed by atoms with Crippen molar-refractivity contribution in [1.29, 1.82) is 0 Å². The van der Waals surface area contributed by atoms with Gasteiger partial charge in [0.2, 0.25) is 0 Å². The molecule has 2 heterocycles. The summed E-state index contributed by atoms with van der Waals surface area (Å²) in [5.74, 6) is 1.15. The molecule has 0 unspecified atom stereocenters. The van der Waals surface area contributed by atoms with Crippen LogP contribution in [0.1, 0.15) is 44.3 Å². The molecule has 0 aliphatic carbocycles. The van der Waals surface area contributed by atoms with E-state index in [0.29, 0.717) is 0 Å². The van der Waals surface area contributed by atoms with E-state index >= 15 is 0 Å². The van der Waals surface area contributed by atoms with Gasteiger partial charge in [-0.3, -0.25) is 9.98 Å². The summed E-state index contributed by atoms with van der Waals surface area (Å²) in [6.07, 6.45) is 6.69. The molecular formula is C13H19N3. The van der Waals surface area contributed by atoms with Crippen LogP contribution in [-0.2, 0) is 0 Å². The van der Waals surface area contributed by atoms with Crippen LogP contribution in [0.15, 0.2) is 29.4 Å². The molecule has 1 aliphatic heterocycles. The van der Waals surface area contributed by atoms with Crippen molar-refractivity contribution in [3.05, 3.63) is 30.1 Å². The topological polar surface area (TPSA) is 37.3 Å². The number of hydrogen-bond acceptors (Lipinski definition) is 3. The summed E-state index contributed by atoms with van der Waals surface area (Å²) in [5.41, 5.74) is 1.08. The van der Waals surface area contributed by atoms with Crippen LogP contribution in [-0.4, -0.2) is 17.4 Å². The summed E-state index contributed by atoms with van der Waals surface area (Å²) in [7, 11) is 0. The Kier molecular flexibility index (Phi) is 3.91. The highest BCUT2D eigenvalue weighted by molar-refractivity contribution is 5.82. The molecule has 1 N–H and O–H groups in total. The predicted octanol–water partition coefficient (Wildman–Crippen LogP) is 2.70. The van der Waals surface area contributed by atoms with E-state index in [-0.39, 0.29) is 6.04 Å². The molecule has 1 aromatic heterocycles. The normalized spacial score (nSPS) is 18.4. The van der Waals surface area contributed by atoms with E-state index in [9.17, 15) is 0 Å². The first kappa shape index (κ1) is 11.1. The molecule has 0 amide bonds. The SMILES string of the molecule is C[C@H](NC1=NCCCCC1)c1ccccn1. The van der Waals surface area contributed by atoms with Crippen LogP contribution in [0.4, 0.5) is 0 Å². The monoisotopic (exact) mass is 217 g/mol. The molecule has 0 fully saturated rings. The van der Waals surface area contributed by atoms with Gasteiger partial charge in [-0.15, -0.1) is 0 Å². The molecule has 0 bridgehead atoms. The maximum absolute atomic E-state index is 4.57. The third-order valence-electron chi connectivity index (χ3n) is 2.89. The second kappa shape index (κ2) is 5.64. The Hall–Kier alpha value is -1.38. The van der Waals surface area contributed by atoms with Gasteiger partial charge in [0.15, 0.2) is 0 Å². The van der Waals surface area contributed by atoms with Gasteiger partial charge in [0.25, 0.3) is 0 Å². The first-order chi connectivity index (χ1) is 7.86. The van der Waals surface area contributed by atoms with E-state index in [1.54, 1.807) is 0 Å². The Balaban J connectivity index is 1.96. The Morgan fingerprint density at radius 1 is 1.25 bits per heavy atom. The van der Waals surface area contributed by atoms with Crippen molar-refractivity contribution in [2.45, 2.75) is 38.6 Å². The predicted molar refractivity (Wildman–Crippen MR) is 66.6 cm³/mol. The van der Waals surface area contributed by atoms with Crippen LogP contribution >= 0.6 is 0 Å². The molecule has 16 heavy (non-hydrogen) atoms. The Bertz CT molecular complexity index is 345. The molecule has 3 heteroatoms. The van der Waals surface area contributed by atoms with Crippen LogP contribution in [0.2, 0.25) is 0 Å². The molecule has 2 rings (SSSR count). The lowest BCUT2D eigenvalue weighted by atomic mass is 10.2. The summed E-state index contributed by atoms with van der Waals surface area (Å²) in [6.45, 7) is 3.10. The van der Waals surface area contributed by atoms with E-state index in [1.807, 2.05) is 18.3 Å². The van der Waals surface area contributed by atoms with Gasteiger partial charge in [0.05, 0.1) is 17.6 Å². The minimum atomic E-state index is 0.248. The van der Waals surface area contributed by atoms with Crippen molar-refractivity contribution in [2.75, 3.05) is 6.54 Å². The highest BCUT2D eigenvalue weighted by Gasteiger charge is 2.09. The number of nitrogens with zero attached hydrogens (tertiary/aromatic N) is 2. The van der Waals surface area contributed by atoms with Crippen molar-refractivity contribution in [1.82, 2.24) is 10.3 Å². The van der Waals surface area contributed by atoms with E-state index in [1.165, 1.54) is 19.3 Å². The maximum atomic E-state index is 4.57. The average Bonchev–Trinajstić information content (AvgIpc) is 2.59. The summed E-state index contributed by atoms with van der Waals surface area (Å²) in [5, 5.41) is 3.46. The lowest BCUT2D eigenvalue weighted by molar-refractivity contribution is 0.674. The Morgan fingerprint density at radius 2 is 2.19 bits per heavy atom. The van der Waals surface area contributed by atoms with E-state index in [2.05, 4.69) is 28.3 Å². The van der Waals surface area contributed by atoms with Crippen molar-refractivity contribution in [2.24, 2.45) is 4.99 Å². The third-order valence-corrected chi connectivity index (χ3v) is 2.89. The molecule has 0 saturated carbocycles. The Morgan fingerprint density at radius 3 is 3.00 bits per heavy atom. The van der Waals surface area contributed by atoms with Gasteiger partial charge in [-0.25, -0.2) is 0 Å². The van der Waals surface area contributed by atoms with Gasteiger partial charge in [0.1, 0.15) is 0 Å². The second-order valence-corrected chi connectivity index (χ2v) is 4.26. The standard InChI is InChI=1S/C13H19N3/c1-11(12-7-4-6-9-14-12)16-13-8-3-2-5-10-15-13/h4,6-7,9,11H,2-3,5,8,10H2,1H3,(H,15,16)/t11-/m0/s1. The van der Waals surface area contributed by atoms with Gasteiger partial charge in [0, 0.05) is 19.2 Å². The number of nitrogens with one attached hydrogen (secondary N) is 1. The minimum absolute atomic E-state index is 0.248. The number of amidine groups is 1. The molecular weight excluding hydrogens is 198 g/mol. The van der Waals surface area contributed by atoms with Crippen molar-refractivity contribution >= 4 is 5.84 Å². The molecule has 0 spiro atoms.